The third-order valence-electron chi connectivity index (χ3n) is 2.82. The van der Waals surface area contributed by atoms with Crippen LogP contribution >= 0.6 is 0 Å². The van der Waals surface area contributed by atoms with Crippen LogP contribution in [0.4, 0.5) is 10.1 Å². The lowest BCUT2D eigenvalue weighted by Crippen LogP contribution is -2.09. The summed E-state index contributed by atoms with van der Waals surface area (Å²) < 4.78 is 20.3. The van der Waals surface area contributed by atoms with Crippen LogP contribution in [0.2, 0.25) is 0 Å². The van der Waals surface area contributed by atoms with E-state index in [0.29, 0.717) is 16.9 Å². The van der Waals surface area contributed by atoms with Crippen molar-refractivity contribution in [3.8, 4) is 11.6 Å². The lowest BCUT2D eigenvalue weighted by molar-refractivity contribution is 0.426. The standard InChI is InChI=1S/C12H10FN5O2/c1-6-2-9(7(13)3-8(6)14)20-11-4-10-16-17-12(19)18(10)5-15-11/h2-5H,14H2,1H3,(H,17,19). The van der Waals surface area contributed by atoms with Crippen molar-refractivity contribution in [3.05, 3.63) is 46.4 Å². The number of aromatic nitrogens is 4. The molecule has 2 aromatic heterocycles. The van der Waals surface area contributed by atoms with Gasteiger partial charge in [0.15, 0.2) is 17.2 Å². The normalized spacial score (nSPS) is 10.9. The van der Waals surface area contributed by atoms with E-state index in [1.165, 1.54) is 28.9 Å². The Bertz CT molecular complexity index is 855. The van der Waals surface area contributed by atoms with Gasteiger partial charge in [0.05, 0.1) is 0 Å². The van der Waals surface area contributed by atoms with Gasteiger partial charge in [0.1, 0.15) is 6.33 Å². The molecule has 0 saturated heterocycles. The SMILES string of the molecule is Cc1cc(Oc2cc3n[nH]c(=O)n3cn2)c(F)cc1N. The average molecular weight is 275 g/mol. The van der Waals surface area contributed by atoms with Gasteiger partial charge in [-0.3, -0.25) is 0 Å². The number of fused-ring (bicyclic) bond motifs is 1. The third kappa shape index (κ3) is 1.96. The summed E-state index contributed by atoms with van der Waals surface area (Å²) in [5, 5.41) is 6.03. The molecule has 20 heavy (non-hydrogen) atoms. The number of nitrogens with two attached hydrogens (primary N) is 1. The summed E-state index contributed by atoms with van der Waals surface area (Å²) in [4.78, 5) is 15.2. The fourth-order valence-electron chi connectivity index (χ4n) is 1.71. The van der Waals surface area contributed by atoms with Crippen LogP contribution in [0.3, 0.4) is 0 Å². The van der Waals surface area contributed by atoms with E-state index in [1.807, 2.05) is 0 Å². The Morgan fingerprint density at radius 2 is 2.20 bits per heavy atom. The Hall–Kier alpha value is -2.90. The number of nitrogen functional groups attached to an aromatic ring is 1. The molecule has 102 valence electrons. The molecular formula is C12H10FN5O2. The van der Waals surface area contributed by atoms with Crippen LogP contribution in [0.1, 0.15) is 5.56 Å². The molecule has 3 N–H and O–H groups in total. The summed E-state index contributed by atoms with van der Waals surface area (Å²) in [6, 6.07) is 4.08. The fraction of sp³-hybridized carbons (Fsp3) is 0.0833. The summed E-state index contributed by atoms with van der Waals surface area (Å²) in [6.45, 7) is 1.74. The lowest BCUT2D eigenvalue weighted by atomic mass is 10.2. The average Bonchev–Trinajstić information content (AvgIpc) is 2.77. The largest absolute Gasteiger partial charge is 0.436 e. The first-order valence-corrected chi connectivity index (χ1v) is 5.71. The molecule has 7 nitrogen and oxygen atoms in total. The molecule has 0 spiro atoms. The van der Waals surface area contributed by atoms with Crippen molar-refractivity contribution in [2.24, 2.45) is 0 Å². The number of anilines is 1. The van der Waals surface area contributed by atoms with Gasteiger partial charge in [0.25, 0.3) is 0 Å². The van der Waals surface area contributed by atoms with Gasteiger partial charge >= 0.3 is 5.69 Å². The molecule has 0 fully saturated rings. The van der Waals surface area contributed by atoms with Crippen molar-refractivity contribution in [2.45, 2.75) is 6.92 Å². The molecule has 3 rings (SSSR count). The van der Waals surface area contributed by atoms with Gasteiger partial charge in [-0.25, -0.2) is 23.7 Å². The van der Waals surface area contributed by atoms with Crippen LogP contribution in [0.25, 0.3) is 5.65 Å². The zero-order valence-corrected chi connectivity index (χ0v) is 10.4. The first-order chi connectivity index (χ1) is 9.54. The zero-order valence-electron chi connectivity index (χ0n) is 10.4. The number of aromatic amines is 1. The van der Waals surface area contributed by atoms with Crippen molar-refractivity contribution in [2.75, 3.05) is 5.73 Å². The fourth-order valence-corrected chi connectivity index (χ4v) is 1.71. The van der Waals surface area contributed by atoms with E-state index >= 15 is 0 Å². The monoisotopic (exact) mass is 275 g/mol. The maximum Gasteiger partial charge on any atom is 0.348 e. The predicted molar refractivity (Wildman–Crippen MR) is 69.2 cm³/mol. The van der Waals surface area contributed by atoms with Crippen LogP contribution in [0, 0.1) is 12.7 Å². The molecule has 0 unspecified atom stereocenters. The summed E-state index contributed by atoms with van der Waals surface area (Å²) in [5.41, 5.74) is 6.55. The van der Waals surface area contributed by atoms with Crippen molar-refractivity contribution < 1.29 is 9.13 Å². The number of nitrogens with one attached hydrogen (secondary N) is 1. The highest BCUT2D eigenvalue weighted by atomic mass is 19.1. The van der Waals surface area contributed by atoms with Crippen LogP contribution in [-0.2, 0) is 0 Å². The molecule has 0 atom stereocenters. The van der Waals surface area contributed by atoms with Crippen molar-refractivity contribution in [1.29, 1.82) is 0 Å². The molecule has 0 aliphatic heterocycles. The molecule has 0 amide bonds. The van der Waals surface area contributed by atoms with E-state index in [0.717, 1.165) is 0 Å². The van der Waals surface area contributed by atoms with Crippen molar-refractivity contribution >= 4 is 11.3 Å². The first kappa shape index (κ1) is 12.2. The molecule has 0 bridgehead atoms. The minimum absolute atomic E-state index is 0.00596. The molecule has 0 aliphatic carbocycles. The van der Waals surface area contributed by atoms with Gasteiger partial charge in [-0.2, -0.15) is 5.10 Å². The number of halogens is 1. The predicted octanol–water partition coefficient (Wildman–Crippen LogP) is 1.24. The lowest BCUT2D eigenvalue weighted by Gasteiger charge is -2.08. The summed E-state index contributed by atoms with van der Waals surface area (Å²) in [6.07, 6.45) is 1.25. The number of rotatable bonds is 2. The second-order valence-electron chi connectivity index (χ2n) is 4.23. The molecule has 1 aromatic carbocycles. The Kier molecular flexibility index (Phi) is 2.63. The molecule has 2 heterocycles. The quantitative estimate of drug-likeness (QED) is 0.685. The minimum Gasteiger partial charge on any atom is -0.436 e. The Balaban J connectivity index is 2.00. The van der Waals surface area contributed by atoms with Gasteiger partial charge < -0.3 is 10.5 Å². The minimum atomic E-state index is -0.589. The zero-order chi connectivity index (χ0) is 14.3. The van der Waals surface area contributed by atoms with Crippen LogP contribution in [-0.4, -0.2) is 19.6 Å². The topological polar surface area (TPSA) is 98.3 Å². The Morgan fingerprint density at radius 1 is 1.40 bits per heavy atom. The van der Waals surface area contributed by atoms with Crippen LogP contribution in [0.5, 0.6) is 11.6 Å². The highest BCUT2D eigenvalue weighted by molar-refractivity contribution is 5.51. The van der Waals surface area contributed by atoms with Gasteiger partial charge in [0, 0.05) is 17.8 Å². The van der Waals surface area contributed by atoms with E-state index in [2.05, 4.69) is 15.2 Å². The Morgan fingerprint density at radius 3 is 3.00 bits per heavy atom. The molecule has 8 heteroatoms. The van der Waals surface area contributed by atoms with E-state index in [1.54, 1.807) is 6.92 Å². The van der Waals surface area contributed by atoms with Crippen molar-refractivity contribution in [3.63, 3.8) is 0 Å². The highest BCUT2D eigenvalue weighted by Crippen LogP contribution is 2.27. The van der Waals surface area contributed by atoms with Gasteiger partial charge in [-0.05, 0) is 18.6 Å². The van der Waals surface area contributed by atoms with Crippen LogP contribution < -0.4 is 16.2 Å². The number of benzene rings is 1. The number of H-pyrrole nitrogens is 1. The second kappa shape index (κ2) is 4.34. The van der Waals surface area contributed by atoms with Crippen molar-refractivity contribution in [1.82, 2.24) is 19.6 Å². The smallest absolute Gasteiger partial charge is 0.348 e. The molecule has 0 saturated carbocycles. The number of hydrogen-bond acceptors (Lipinski definition) is 5. The summed E-state index contributed by atoms with van der Waals surface area (Å²) in [7, 11) is 0. The van der Waals surface area contributed by atoms with E-state index in [9.17, 15) is 9.18 Å². The number of nitrogens with zero attached hydrogens (tertiary/aromatic N) is 3. The van der Waals surface area contributed by atoms with Gasteiger partial charge in [-0.15, -0.1) is 0 Å². The number of hydrogen-bond donors (Lipinski definition) is 2. The Labute approximate surface area is 111 Å². The molecular weight excluding hydrogens is 265 g/mol. The summed E-state index contributed by atoms with van der Waals surface area (Å²) in [5.74, 6) is -0.458. The molecule has 0 aliphatic rings. The molecule has 0 radical (unpaired) electrons. The number of ether oxygens (including phenoxy) is 1. The van der Waals surface area contributed by atoms with Gasteiger partial charge in [-0.1, -0.05) is 0 Å². The van der Waals surface area contributed by atoms with Gasteiger partial charge in [0.2, 0.25) is 5.88 Å². The first-order valence-electron chi connectivity index (χ1n) is 5.71. The maximum atomic E-state index is 13.7. The van der Waals surface area contributed by atoms with E-state index in [4.69, 9.17) is 10.5 Å². The number of aryl methyl sites for hydroxylation is 1. The van der Waals surface area contributed by atoms with Crippen LogP contribution in [0.15, 0.2) is 29.3 Å². The molecule has 3 aromatic rings. The van der Waals surface area contributed by atoms with E-state index < -0.39 is 11.5 Å². The van der Waals surface area contributed by atoms with E-state index in [-0.39, 0.29) is 11.6 Å². The highest BCUT2D eigenvalue weighted by Gasteiger charge is 2.10. The maximum absolute atomic E-state index is 13.7. The second-order valence-corrected chi connectivity index (χ2v) is 4.23. The summed E-state index contributed by atoms with van der Waals surface area (Å²) >= 11 is 0. The third-order valence-corrected chi connectivity index (χ3v) is 2.82.